The lowest BCUT2D eigenvalue weighted by Gasteiger charge is -2.25. The zero-order valence-corrected chi connectivity index (χ0v) is 21.5. The lowest BCUT2D eigenvalue weighted by Crippen LogP contribution is -2.39. The number of aromatic nitrogens is 1. The molecule has 1 heterocycles. The number of amides is 1. The maximum atomic E-state index is 13.6. The predicted octanol–water partition coefficient (Wildman–Crippen LogP) is 4.73. The highest BCUT2D eigenvalue weighted by atomic mass is 35.5. The lowest BCUT2D eigenvalue weighted by molar-refractivity contribution is 0.0980. The molecule has 1 amide bonds. The van der Waals surface area contributed by atoms with E-state index >= 15 is 0 Å². The number of likely N-dealkylation sites (N-methyl/N-ethyl adjacent to an activating group) is 1. The fourth-order valence-corrected chi connectivity index (χ4v) is 5.44. The first-order valence-electron chi connectivity index (χ1n) is 10.4. The topological polar surface area (TPSA) is 70.6 Å². The summed E-state index contributed by atoms with van der Waals surface area (Å²) in [6.45, 7) is 11.1. The number of fused-ring (bicyclic) bond motifs is 1. The summed E-state index contributed by atoms with van der Waals surface area (Å²) in [4.78, 5) is 22.3. The highest BCUT2D eigenvalue weighted by molar-refractivity contribution is 7.90. The number of carbonyl (C=O) groups is 1. The Balaban J connectivity index is 0.00000363. The third kappa shape index (κ3) is 5.49. The van der Waals surface area contributed by atoms with Gasteiger partial charge in [0.15, 0.2) is 15.0 Å². The summed E-state index contributed by atoms with van der Waals surface area (Å²) in [5.41, 5.74) is 3.30. The first-order valence-corrected chi connectivity index (χ1v) is 13.1. The molecule has 1 aromatic heterocycles. The van der Waals surface area contributed by atoms with Gasteiger partial charge in [0.25, 0.3) is 5.91 Å². The van der Waals surface area contributed by atoms with Crippen molar-refractivity contribution < 1.29 is 13.2 Å². The number of benzene rings is 2. The Morgan fingerprint density at radius 2 is 1.69 bits per heavy atom. The molecule has 0 N–H and O–H groups in total. The fourth-order valence-electron chi connectivity index (χ4n) is 3.51. The summed E-state index contributed by atoms with van der Waals surface area (Å²) >= 11 is 1.46. The molecular formula is C23H30ClN3O3S2. The molecule has 9 heteroatoms. The van der Waals surface area contributed by atoms with Gasteiger partial charge in [-0.15, -0.1) is 12.4 Å². The van der Waals surface area contributed by atoms with Crippen LogP contribution >= 0.6 is 23.7 Å². The summed E-state index contributed by atoms with van der Waals surface area (Å²) in [5, 5.41) is 0.587. The van der Waals surface area contributed by atoms with Crippen LogP contribution in [0.2, 0.25) is 0 Å². The van der Waals surface area contributed by atoms with Crippen molar-refractivity contribution >= 4 is 54.8 Å². The summed E-state index contributed by atoms with van der Waals surface area (Å²) in [6, 6.07) is 10.5. The van der Waals surface area contributed by atoms with Gasteiger partial charge in [0.05, 0.1) is 20.7 Å². The largest absolute Gasteiger partial charge is 0.302 e. The number of hydrogen-bond acceptors (Lipinski definition) is 6. The molecule has 0 radical (unpaired) electrons. The Kier molecular flexibility index (Phi) is 8.82. The minimum Gasteiger partial charge on any atom is -0.302 e. The van der Waals surface area contributed by atoms with Gasteiger partial charge in [-0.25, -0.2) is 13.4 Å². The van der Waals surface area contributed by atoms with Gasteiger partial charge in [-0.2, -0.15) is 0 Å². The Morgan fingerprint density at radius 1 is 1.03 bits per heavy atom. The normalized spacial score (nSPS) is 11.6. The molecule has 3 aromatic rings. The Hall–Kier alpha value is -2.00. The fraction of sp³-hybridized carbons (Fsp3) is 0.391. The van der Waals surface area contributed by atoms with Gasteiger partial charge < -0.3 is 4.90 Å². The summed E-state index contributed by atoms with van der Waals surface area (Å²) in [6.07, 6.45) is 1.13. The number of aryl methyl sites for hydroxylation is 2. The maximum absolute atomic E-state index is 13.6. The molecule has 0 bridgehead atoms. The third-order valence-corrected chi connectivity index (χ3v) is 7.80. The Labute approximate surface area is 200 Å². The second-order valence-corrected chi connectivity index (χ2v) is 10.6. The number of hydrogen-bond donors (Lipinski definition) is 0. The van der Waals surface area contributed by atoms with Crippen LogP contribution in [0.3, 0.4) is 0 Å². The van der Waals surface area contributed by atoms with Gasteiger partial charge in [0, 0.05) is 19.3 Å². The van der Waals surface area contributed by atoms with Gasteiger partial charge in [0.1, 0.15) is 0 Å². The van der Waals surface area contributed by atoms with E-state index in [1.807, 2.05) is 19.9 Å². The van der Waals surface area contributed by atoms with Crippen molar-refractivity contribution in [3.05, 3.63) is 53.1 Å². The van der Waals surface area contributed by atoms with Crippen molar-refractivity contribution in [2.75, 3.05) is 37.3 Å². The maximum Gasteiger partial charge on any atom is 0.261 e. The van der Waals surface area contributed by atoms with E-state index in [1.165, 1.54) is 17.4 Å². The number of carbonyl (C=O) groups excluding carboxylic acids is 1. The van der Waals surface area contributed by atoms with Crippen LogP contribution in [-0.2, 0) is 9.84 Å². The van der Waals surface area contributed by atoms with Crippen molar-refractivity contribution in [2.45, 2.75) is 32.6 Å². The molecule has 0 spiro atoms. The molecule has 0 saturated carbocycles. The van der Waals surface area contributed by atoms with Crippen molar-refractivity contribution in [2.24, 2.45) is 0 Å². The molecule has 0 aliphatic rings. The summed E-state index contributed by atoms with van der Waals surface area (Å²) in [5.74, 6) is -0.346. The molecular weight excluding hydrogens is 466 g/mol. The van der Waals surface area contributed by atoms with Crippen molar-refractivity contribution in [1.82, 2.24) is 9.88 Å². The van der Waals surface area contributed by atoms with Crippen LogP contribution in [-0.4, -0.2) is 56.6 Å². The minimum atomic E-state index is -3.55. The third-order valence-electron chi connectivity index (χ3n) is 5.60. The number of halogens is 1. The Bertz CT molecular complexity index is 1200. The molecule has 0 unspecified atom stereocenters. The van der Waals surface area contributed by atoms with Crippen LogP contribution in [0.4, 0.5) is 5.13 Å². The van der Waals surface area contributed by atoms with Crippen molar-refractivity contribution in [1.29, 1.82) is 0 Å². The molecule has 32 heavy (non-hydrogen) atoms. The highest BCUT2D eigenvalue weighted by Crippen LogP contribution is 2.33. The van der Waals surface area contributed by atoms with Crippen LogP contribution in [0.5, 0.6) is 0 Å². The lowest BCUT2D eigenvalue weighted by atomic mass is 10.1. The molecule has 0 fully saturated rings. The average Bonchev–Trinajstić information content (AvgIpc) is 3.18. The number of nitrogens with zero attached hydrogens (tertiary/aromatic N) is 3. The molecule has 174 valence electrons. The predicted molar refractivity (Wildman–Crippen MR) is 135 cm³/mol. The molecule has 3 rings (SSSR count). The SMILES string of the molecule is CCN(CC)CCN(C(=O)c1ccccc1S(C)(=O)=O)c1nc2c(C)c(C)ccc2s1.Cl. The zero-order chi connectivity index (χ0) is 22.8. The van der Waals surface area contributed by atoms with Crippen LogP contribution in [0, 0.1) is 13.8 Å². The highest BCUT2D eigenvalue weighted by Gasteiger charge is 2.26. The van der Waals surface area contributed by atoms with E-state index in [1.54, 1.807) is 23.1 Å². The molecule has 0 atom stereocenters. The van der Waals surface area contributed by atoms with E-state index in [0.29, 0.717) is 18.2 Å². The molecule has 6 nitrogen and oxygen atoms in total. The van der Waals surface area contributed by atoms with Crippen LogP contribution < -0.4 is 4.90 Å². The second kappa shape index (κ2) is 10.7. The average molecular weight is 496 g/mol. The number of thiazole rings is 1. The van der Waals surface area contributed by atoms with Gasteiger partial charge >= 0.3 is 0 Å². The summed E-state index contributed by atoms with van der Waals surface area (Å²) in [7, 11) is -3.55. The quantitative estimate of drug-likeness (QED) is 0.452. The van der Waals surface area contributed by atoms with E-state index < -0.39 is 9.84 Å². The summed E-state index contributed by atoms with van der Waals surface area (Å²) < 4.78 is 25.6. The van der Waals surface area contributed by atoms with Gasteiger partial charge in [0.2, 0.25) is 0 Å². The Morgan fingerprint density at radius 3 is 2.31 bits per heavy atom. The van der Waals surface area contributed by atoms with E-state index in [2.05, 4.69) is 24.8 Å². The van der Waals surface area contributed by atoms with E-state index in [0.717, 1.165) is 40.7 Å². The van der Waals surface area contributed by atoms with Gasteiger partial charge in [-0.3, -0.25) is 9.69 Å². The van der Waals surface area contributed by atoms with Crippen LogP contribution in [0.15, 0.2) is 41.3 Å². The molecule has 0 aliphatic carbocycles. The standard InChI is InChI=1S/C23H29N3O3S2.ClH/c1-6-25(7-2)14-15-26(22(27)18-10-8-9-11-20(18)31(5,28)29)23-24-21-17(4)16(3)12-13-19(21)30-23;/h8-13H,6-7,14-15H2,1-5H3;1H. The van der Waals surface area contributed by atoms with Gasteiger partial charge in [-0.1, -0.05) is 43.4 Å². The zero-order valence-electron chi connectivity index (χ0n) is 19.1. The molecule has 0 saturated heterocycles. The molecule has 0 aliphatic heterocycles. The van der Waals surface area contributed by atoms with E-state index in [9.17, 15) is 13.2 Å². The first-order chi connectivity index (χ1) is 14.7. The van der Waals surface area contributed by atoms with E-state index in [-0.39, 0.29) is 28.8 Å². The number of rotatable bonds is 8. The number of sulfone groups is 1. The smallest absolute Gasteiger partial charge is 0.261 e. The first kappa shape index (κ1) is 26.3. The van der Waals surface area contributed by atoms with Crippen LogP contribution in [0.25, 0.3) is 10.2 Å². The molecule has 2 aromatic carbocycles. The number of anilines is 1. The second-order valence-electron chi connectivity index (χ2n) is 7.60. The van der Waals surface area contributed by atoms with Gasteiger partial charge in [-0.05, 0) is 56.3 Å². The minimum absolute atomic E-state index is 0. The van der Waals surface area contributed by atoms with E-state index in [4.69, 9.17) is 4.98 Å². The monoisotopic (exact) mass is 495 g/mol. The van der Waals surface area contributed by atoms with Crippen LogP contribution in [0.1, 0.15) is 35.3 Å². The van der Waals surface area contributed by atoms with Crippen molar-refractivity contribution in [3.63, 3.8) is 0 Å². The van der Waals surface area contributed by atoms with Crippen molar-refractivity contribution in [3.8, 4) is 0 Å².